The number of likely N-dealkylation sites (N-methyl/N-ethyl adjacent to an activating group) is 1. The van der Waals surface area contributed by atoms with E-state index in [1.165, 1.54) is 12.5 Å². The van der Waals surface area contributed by atoms with E-state index in [9.17, 15) is 13.2 Å². The van der Waals surface area contributed by atoms with Crippen molar-refractivity contribution in [2.24, 2.45) is 0 Å². The first-order valence-electron chi connectivity index (χ1n) is 7.33. The lowest BCUT2D eigenvalue weighted by atomic mass is 9.75. The van der Waals surface area contributed by atoms with Crippen molar-refractivity contribution in [2.75, 3.05) is 20.6 Å². The summed E-state index contributed by atoms with van der Waals surface area (Å²) in [6, 6.07) is 5.49. The molecule has 1 fully saturated rings. The molecule has 21 heavy (non-hydrogen) atoms. The molecule has 0 saturated heterocycles. The normalized spacial score (nSPS) is 19.4. The third kappa shape index (κ3) is 3.40. The fourth-order valence-electron chi connectivity index (χ4n) is 2.95. The maximum atomic E-state index is 13.1. The van der Waals surface area contributed by atoms with Crippen molar-refractivity contribution in [1.29, 1.82) is 0 Å². The Balaban J connectivity index is 2.09. The van der Waals surface area contributed by atoms with Crippen molar-refractivity contribution in [3.05, 3.63) is 35.4 Å². The van der Waals surface area contributed by atoms with E-state index in [0.717, 1.165) is 18.9 Å². The number of nitrogens with zero attached hydrogens (tertiary/aromatic N) is 1. The van der Waals surface area contributed by atoms with Gasteiger partial charge in [0, 0.05) is 18.1 Å². The minimum absolute atomic E-state index is 0.0986. The van der Waals surface area contributed by atoms with Crippen LogP contribution >= 0.6 is 0 Å². The summed E-state index contributed by atoms with van der Waals surface area (Å²) in [4.78, 5) is 2.19. The second-order valence-electron chi connectivity index (χ2n) is 6.16. The van der Waals surface area contributed by atoms with Crippen molar-refractivity contribution >= 4 is 0 Å². The van der Waals surface area contributed by atoms with E-state index in [1.807, 2.05) is 14.1 Å². The number of hydrogen-bond donors (Lipinski definition) is 1. The molecule has 0 aromatic heterocycles. The molecule has 0 heterocycles. The highest BCUT2D eigenvalue weighted by Gasteiger charge is 2.39. The topological polar surface area (TPSA) is 15.3 Å². The van der Waals surface area contributed by atoms with Gasteiger partial charge >= 0.3 is 6.18 Å². The van der Waals surface area contributed by atoms with Crippen molar-refractivity contribution in [2.45, 2.75) is 43.9 Å². The first kappa shape index (κ1) is 16.3. The summed E-state index contributed by atoms with van der Waals surface area (Å²) in [5.74, 6) is 0. The monoisotopic (exact) mass is 300 g/mol. The van der Waals surface area contributed by atoms with Gasteiger partial charge in [-0.25, -0.2) is 0 Å². The summed E-state index contributed by atoms with van der Waals surface area (Å²) < 4.78 is 39.2. The summed E-state index contributed by atoms with van der Waals surface area (Å²) in [6.45, 7) is 2.51. The van der Waals surface area contributed by atoms with Crippen LogP contribution < -0.4 is 5.32 Å². The van der Waals surface area contributed by atoms with Crippen LogP contribution in [0, 0.1) is 0 Å². The number of rotatable bonds is 5. The maximum absolute atomic E-state index is 13.1. The van der Waals surface area contributed by atoms with Gasteiger partial charge < -0.3 is 10.2 Å². The van der Waals surface area contributed by atoms with Gasteiger partial charge in [0.05, 0.1) is 5.56 Å². The van der Waals surface area contributed by atoms with Gasteiger partial charge in [-0.3, -0.25) is 0 Å². The Bertz CT molecular complexity index is 479. The van der Waals surface area contributed by atoms with Gasteiger partial charge in [0.2, 0.25) is 0 Å². The van der Waals surface area contributed by atoms with Gasteiger partial charge in [-0.1, -0.05) is 18.2 Å². The average Bonchev–Trinajstić information content (AvgIpc) is 2.35. The second kappa shape index (κ2) is 5.97. The van der Waals surface area contributed by atoms with E-state index < -0.39 is 11.7 Å². The highest BCUT2D eigenvalue weighted by molar-refractivity contribution is 5.32. The minimum Gasteiger partial charge on any atom is -0.308 e. The van der Waals surface area contributed by atoms with E-state index in [1.54, 1.807) is 19.1 Å². The van der Waals surface area contributed by atoms with E-state index >= 15 is 0 Å². The van der Waals surface area contributed by atoms with Crippen LogP contribution in [-0.2, 0) is 6.18 Å². The fourth-order valence-corrected chi connectivity index (χ4v) is 2.95. The zero-order chi connectivity index (χ0) is 15.7. The van der Waals surface area contributed by atoms with Crippen LogP contribution in [0.3, 0.4) is 0 Å². The van der Waals surface area contributed by atoms with Gasteiger partial charge in [0.15, 0.2) is 0 Å². The Labute approximate surface area is 124 Å². The van der Waals surface area contributed by atoms with Crippen LogP contribution in [0.15, 0.2) is 24.3 Å². The molecule has 2 nitrogen and oxygen atoms in total. The molecule has 1 atom stereocenters. The Morgan fingerprint density at radius 1 is 1.24 bits per heavy atom. The zero-order valence-corrected chi connectivity index (χ0v) is 12.8. The fraction of sp³-hybridized carbons (Fsp3) is 0.625. The van der Waals surface area contributed by atoms with Gasteiger partial charge in [-0.05, 0) is 51.9 Å². The molecule has 5 heteroatoms. The molecule has 0 aliphatic heterocycles. The largest absolute Gasteiger partial charge is 0.416 e. The zero-order valence-electron chi connectivity index (χ0n) is 12.8. The molecule has 1 aliphatic carbocycles. The van der Waals surface area contributed by atoms with Crippen LogP contribution in [-0.4, -0.2) is 31.1 Å². The molecular formula is C16H23F3N2. The van der Waals surface area contributed by atoms with E-state index in [2.05, 4.69) is 10.2 Å². The standard InChI is InChI=1S/C16H23F3N2/c1-12(20-11-15(21(2)3)9-6-10-15)13-7-4-5-8-14(13)16(17,18)19/h4-5,7-8,12,20H,6,9-11H2,1-3H3. The molecule has 1 aromatic carbocycles. The number of hydrogen-bond acceptors (Lipinski definition) is 2. The Morgan fingerprint density at radius 2 is 1.86 bits per heavy atom. The van der Waals surface area contributed by atoms with E-state index in [-0.39, 0.29) is 11.6 Å². The lowest BCUT2D eigenvalue weighted by Gasteiger charge is -2.48. The molecule has 1 aromatic rings. The van der Waals surface area contributed by atoms with Crippen LogP contribution in [0.2, 0.25) is 0 Å². The summed E-state index contributed by atoms with van der Waals surface area (Å²) in [7, 11) is 4.07. The van der Waals surface area contributed by atoms with Crippen LogP contribution in [0.1, 0.15) is 43.4 Å². The number of benzene rings is 1. The van der Waals surface area contributed by atoms with Crippen LogP contribution in [0.4, 0.5) is 13.2 Å². The van der Waals surface area contributed by atoms with Gasteiger partial charge in [-0.15, -0.1) is 0 Å². The Hall–Kier alpha value is -1.07. The van der Waals surface area contributed by atoms with Crippen molar-refractivity contribution in [1.82, 2.24) is 10.2 Å². The number of alkyl halides is 3. The molecule has 118 valence electrons. The number of nitrogens with one attached hydrogen (secondary N) is 1. The molecule has 1 unspecified atom stereocenters. The summed E-state index contributed by atoms with van der Waals surface area (Å²) in [5, 5.41) is 3.29. The summed E-state index contributed by atoms with van der Waals surface area (Å²) >= 11 is 0. The van der Waals surface area contributed by atoms with Gasteiger partial charge in [0.25, 0.3) is 0 Å². The second-order valence-corrected chi connectivity index (χ2v) is 6.16. The van der Waals surface area contributed by atoms with E-state index in [0.29, 0.717) is 12.1 Å². The quantitative estimate of drug-likeness (QED) is 0.889. The highest BCUT2D eigenvalue weighted by atomic mass is 19.4. The van der Waals surface area contributed by atoms with Crippen LogP contribution in [0.25, 0.3) is 0 Å². The molecule has 1 aliphatic rings. The maximum Gasteiger partial charge on any atom is 0.416 e. The molecule has 2 rings (SSSR count). The highest BCUT2D eigenvalue weighted by Crippen LogP contribution is 2.37. The average molecular weight is 300 g/mol. The number of halogens is 3. The predicted octanol–water partition coefficient (Wildman–Crippen LogP) is 3.84. The Kier molecular flexibility index (Phi) is 4.63. The molecule has 0 spiro atoms. The molecule has 0 amide bonds. The third-order valence-corrected chi connectivity index (χ3v) is 4.70. The predicted molar refractivity (Wildman–Crippen MR) is 78.1 cm³/mol. The smallest absolute Gasteiger partial charge is 0.308 e. The van der Waals surface area contributed by atoms with Crippen molar-refractivity contribution in [3.63, 3.8) is 0 Å². The molecular weight excluding hydrogens is 277 g/mol. The first-order valence-corrected chi connectivity index (χ1v) is 7.33. The van der Waals surface area contributed by atoms with Crippen molar-refractivity contribution in [3.8, 4) is 0 Å². The minimum atomic E-state index is -4.30. The van der Waals surface area contributed by atoms with Crippen molar-refractivity contribution < 1.29 is 13.2 Å². The molecule has 1 saturated carbocycles. The van der Waals surface area contributed by atoms with Gasteiger partial charge in [-0.2, -0.15) is 13.2 Å². The first-order chi connectivity index (χ1) is 9.76. The lowest BCUT2D eigenvalue weighted by Crippen LogP contribution is -2.56. The molecule has 1 N–H and O–H groups in total. The molecule has 0 radical (unpaired) electrons. The summed E-state index contributed by atoms with van der Waals surface area (Å²) in [5.41, 5.74) is -0.128. The van der Waals surface area contributed by atoms with Gasteiger partial charge in [0.1, 0.15) is 0 Å². The molecule has 0 bridgehead atoms. The third-order valence-electron chi connectivity index (χ3n) is 4.70. The lowest BCUT2D eigenvalue weighted by molar-refractivity contribution is -0.138. The van der Waals surface area contributed by atoms with Crippen LogP contribution in [0.5, 0.6) is 0 Å². The van der Waals surface area contributed by atoms with E-state index in [4.69, 9.17) is 0 Å². The SMILES string of the molecule is CC(NCC1(N(C)C)CCC1)c1ccccc1C(F)(F)F. The summed E-state index contributed by atoms with van der Waals surface area (Å²) in [6.07, 6.45) is -0.920. The Morgan fingerprint density at radius 3 is 2.33 bits per heavy atom.